The molecule has 0 aliphatic heterocycles. The SMILES string of the molecule is CC(C)CC(C)c1ccc2cc(-c3ccc(CSCc4ccc(C(F)(F)P(=O)(O)O)c(Br)c4)cc3)cc(CC(=O)O)c2n1. The Hall–Kier alpha value is -2.62. The molecule has 1 atom stereocenters. The van der Waals surface area contributed by atoms with Crippen LogP contribution >= 0.6 is 35.3 Å². The zero-order chi connectivity index (χ0) is 31.5. The maximum absolute atomic E-state index is 14.1. The molecule has 0 aliphatic carbocycles. The number of benzene rings is 3. The number of nitrogens with zero attached hydrogens (tertiary/aromatic N) is 1. The second-order valence-corrected chi connectivity index (χ2v) is 14.6. The van der Waals surface area contributed by atoms with Crippen LogP contribution in [-0.2, 0) is 32.9 Å². The fourth-order valence-corrected chi connectivity index (χ4v) is 7.30. The molecule has 0 spiro atoms. The standard InChI is InChI=1S/C32H33BrF2NO5PS/c1-19(2)12-20(3)29-11-9-24-14-25(15-26(16-30(37)38)31(24)36-29)23-7-4-21(5-8-23)17-43-18-22-6-10-27(28(33)13-22)32(34,35)42(39,40)41/h4-11,13-15,19-20H,12,16-18H2,1-3H3,(H,37,38)(H2,39,40,41). The highest BCUT2D eigenvalue weighted by Crippen LogP contribution is 2.60. The molecular weight excluding hydrogens is 659 g/mol. The van der Waals surface area contributed by atoms with E-state index in [-0.39, 0.29) is 16.8 Å². The molecule has 228 valence electrons. The minimum Gasteiger partial charge on any atom is -0.481 e. The van der Waals surface area contributed by atoms with Gasteiger partial charge in [0.25, 0.3) is 0 Å². The number of pyridine rings is 1. The van der Waals surface area contributed by atoms with E-state index < -0.39 is 24.8 Å². The van der Waals surface area contributed by atoms with Gasteiger partial charge in [-0.15, -0.1) is 0 Å². The molecule has 6 nitrogen and oxygen atoms in total. The molecular formula is C32H33BrF2NO5PS. The topological polar surface area (TPSA) is 108 Å². The van der Waals surface area contributed by atoms with Gasteiger partial charge in [-0.3, -0.25) is 14.3 Å². The number of halogens is 3. The van der Waals surface area contributed by atoms with Crippen LogP contribution in [-0.4, -0.2) is 25.8 Å². The Morgan fingerprint density at radius 2 is 1.60 bits per heavy atom. The van der Waals surface area contributed by atoms with Crippen molar-refractivity contribution in [3.05, 3.63) is 99.2 Å². The van der Waals surface area contributed by atoms with Gasteiger partial charge in [0.05, 0.1) is 11.9 Å². The number of alkyl halides is 2. The number of carboxylic acid groups (broad SMARTS) is 1. The van der Waals surface area contributed by atoms with E-state index in [2.05, 4.69) is 36.7 Å². The quantitative estimate of drug-likeness (QED) is 0.127. The van der Waals surface area contributed by atoms with Crippen LogP contribution in [0.1, 0.15) is 61.1 Å². The number of thioether (sulfide) groups is 1. The molecule has 1 aromatic heterocycles. The Bertz CT molecular complexity index is 1680. The predicted molar refractivity (Wildman–Crippen MR) is 171 cm³/mol. The van der Waals surface area contributed by atoms with Crippen molar-refractivity contribution in [3.63, 3.8) is 0 Å². The molecule has 0 bridgehead atoms. The van der Waals surface area contributed by atoms with Crippen molar-refractivity contribution < 1.29 is 33.0 Å². The van der Waals surface area contributed by atoms with Crippen molar-refractivity contribution in [2.45, 2.75) is 56.7 Å². The van der Waals surface area contributed by atoms with E-state index in [9.17, 15) is 23.2 Å². The molecule has 0 saturated carbocycles. The number of aliphatic carboxylic acids is 1. The fourth-order valence-electron chi connectivity index (χ4n) is 5.02. The summed E-state index contributed by atoms with van der Waals surface area (Å²) in [5.41, 5.74) is 0.975. The van der Waals surface area contributed by atoms with Gasteiger partial charge >= 0.3 is 19.2 Å². The van der Waals surface area contributed by atoms with Gasteiger partial charge in [-0.25, -0.2) is 0 Å². The summed E-state index contributed by atoms with van der Waals surface area (Å²) in [5, 5.41) is 10.5. The molecule has 4 rings (SSSR count). The van der Waals surface area contributed by atoms with Gasteiger partial charge in [-0.05, 0) is 70.3 Å². The molecule has 11 heteroatoms. The maximum atomic E-state index is 14.1. The van der Waals surface area contributed by atoms with E-state index in [0.717, 1.165) is 51.3 Å². The smallest absolute Gasteiger partial charge is 0.399 e. The van der Waals surface area contributed by atoms with Gasteiger partial charge in [-0.2, -0.15) is 20.5 Å². The first kappa shape index (κ1) is 33.3. The van der Waals surface area contributed by atoms with Crippen molar-refractivity contribution in [1.29, 1.82) is 0 Å². The number of rotatable bonds is 12. The summed E-state index contributed by atoms with van der Waals surface area (Å²) >= 11 is 4.60. The maximum Gasteiger partial charge on any atom is 0.399 e. The minimum absolute atomic E-state index is 0.0579. The Labute approximate surface area is 262 Å². The Morgan fingerprint density at radius 3 is 2.21 bits per heavy atom. The zero-order valence-electron chi connectivity index (χ0n) is 23.9. The predicted octanol–water partition coefficient (Wildman–Crippen LogP) is 9.10. The van der Waals surface area contributed by atoms with Crippen LogP contribution in [0.5, 0.6) is 0 Å². The number of hydrogen-bond donors (Lipinski definition) is 3. The summed E-state index contributed by atoms with van der Waals surface area (Å²) < 4.78 is 39.3. The van der Waals surface area contributed by atoms with Gasteiger partial charge in [0.2, 0.25) is 0 Å². The lowest BCUT2D eigenvalue weighted by molar-refractivity contribution is -0.136. The monoisotopic (exact) mass is 691 g/mol. The lowest BCUT2D eigenvalue weighted by atomic mass is 9.93. The van der Waals surface area contributed by atoms with Crippen LogP contribution in [0.2, 0.25) is 0 Å². The molecule has 43 heavy (non-hydrogen) atoms. The molecule has 0 saturated heterocycles. The van der Waals surface area contributed by atoms with Gasteiger partial charge < -0.3 is 14.9 Å². The molecule has 0 aliphatic rings. The summed E-state index contributed by atoms with van der Waals surface area (Å²) in [6.45, 7) is 6.49. The third-order valence-corrected chi connectivity index (χ3v) is 9.82. The van der Waals surface area contributed by atoms with Gasteiger partial charge in [-0.1, -0.05) is 79.2 Å². The molecule has 1 heterocycles. The summed E-state index contributed by atoms with van der Waals surface area (Å²) in [6, 6.07) is 19.9. The first-order chi connectivity index (χ1) is 20.2. The Morgan fingerprint density at radius 1 is 0.953 bits per heavy atom. The van der Waals surface area contributed by atoms with Crippen LogP contribution in [0.3, 0.4) is 0 Å². The summed E-state index contributed by atoms with van der Waals surface area (Å²) in [4.78, 5) is 34.6. The van der Waals surface area contributed by atoms with Crippen molar-refractivity contribution >= 4 is 52.2 Å². The molecule has 1 unspecified atom stereocenters. The lowest BCUT2D eigenvalue weighted by Gasteiger charge is -2.19. The van der Waals surface area contributed by atoms with Crippen LogP contribution in [0, 0.1) is 5.92 Å². The number of aromatic nitrogens is 1. The van der Waals surface area contributed by atoms with Crippen LogP contribution < -0.4 is 0 Å². The van der Waals surface area contributed by atoms with E-state index in [4.69, 9.17) is 14.8 Å². The molecule has 0 fully saturated rings. The van der Waals surface area contributed by atoms with E-state index in [1.165, 1.54) is 12.1 Å². The largest absolute Gasteiger partial charge is 0.481 e. The first-order valence-corrected chi connectivity index (χ1v) is 17.3. The average Bonchev–Trinajstić information content (AvgIpc) is 2.91. The van der Waals surface area contributed by atoms with E-state index >= 15 is 0 Å². The third kappa shape index (κ3) is 8.11. The average molecular weight is 693 g/mol. The van der Waals surface area contributed by atoms with Gasteiger partial charge in [0.15, 0.2) is 0 Å². The second-order valence-electron chi connectivity index (χ2n) is 11.1. The molecule has 3 aromatic carbocycles. The third-order valence-electron chi connectivity index (χ3n) is 7.11. The number of carbonyl (C=O) groups is 1. The van der Waals surface area contributed by atoms with E-state index in [1.807, 2.05) is 48.5 Å². The van der Waals surface area contributed by atoms with Crippen LogP contribution in [0.15, 0.2) is 71.2 Å². The molecule has 4 aromatic rings. The summed E-state index contributed by atoms with van der Waals surface area (Å²) in [7, 11) is -5.65. The fraction of sp³-hybridized carbons (Fsp3) is 0.312. The highest BCUT2D eigenvalue weighted by atomic mass is 79.9. The van der Waals surface area contributed by atoms with Crippen molar-refractivity contribution in [1.82, 2.24) is 4.98 Å². The number of fused-ring (bicyclic) bond motifs is 1. The van der Waals surface area contributed by atoms with E-state index in [1.54, 1.807) is 11.8 Å². The number of hydrogen-bond acceptors (Lipinski definition) is 4. The molecule has 0 amide bonds. The highest BCUT2D eigenvalue weighted by molar-refractivity contribution is 9.10. The van der Waals surface area contributed by atoms with Crippen molar-refractivity contribution in [2.75, 3.05) is 0 Å². The molecule has 3 N–H and O–H groups in total. The highest BCUT2D eigenvalue weighted by Gasteiger charge is 2.51. The van der Waals surface area contributed by atoms with Gasteiger partial charge in [0, 0.05) is 32.6 Å². The zero-order valence-corrected chi connectivity index (χ0v) is 27.2. The van der Waals surface area contributed by atoms with Crippen LogP contribution in [0.4, 0.5) is 8.78 Å². The Kier molecular flexibility index (Phi) is 10.5. The summed E-state index contributed by atoms with van der Waals surface area (Å²) in [6.07, 6.45) is 0.875. The summed E-state index contributed by atoms with van der Waals surface area (Å²) in [5.74, 6) is 1.05. The van der Waals surface area contributed by atoms with Crippen LogP contribution in [0.25, 0.3) is 22.0 Å². The van der Waals surface area contributed by atoms with Gasteiger partial charge in [0.1, 0.15) is 0 Å². The van der Waals surface area contributed by atoms with Crippen molar-refractivity contribution in [3.8, 4) is 11.1 Å². The van der Waals surface area contributed by atoms with E-state index in [0.29, 0.717) is 23.0 Å². The Balaban J connectivity index is 1.48. The number of carboxylic acids is 1. The molecule has 0 radical (unpaired) electrons. The minimum atomic E-state index is -5.65. The van der Waals surface area contributed by atoms with Crippen molar-refractivity contribution in [2.24, 2.45) is 5.92 Å². The normalized spacial score (nSPS) is 13.0. The second kappa shape index (κ2) is 13.6. The lowest BCUT2D eigenvalue weighted by Crippen LogP contribution is -2.14. The first-order valence-electron chi connectivity index (χ1n) is 13.7.